The Hall–Kier alpha value is -0.705. The van der Waals surface area contributed by atoms with Gasteiger partial charge in [0.25, 0.3) is 0 Å². The van der Waals surface area contributed by atoms with Crippen molar-refractivity contribution in [3.63, 3.8) is 0 Å². The standard InChI is InChI=1S/C14H20BNO2.ClH/c1-13(2)14(3,4)18-15(17-13)11-5-6-12-10(9-11)7-8-16-12;/h5-6,9,16H,7-8H2,1-4H3;1H. The molecule has 3 nitrogen and oxygen atoms in total. The van der Waals surface area contributed by atoms with E-state index < -0.39 is 0 Å². The lowest BCUT2D eigenvalue weighted by Gasteiger charge is -2.32. The van der Waals surface area contributed by atoms with E-state index in [1.165, 1.54) is 11.3 Å². The van der Waals surface area contributed by atoms with Crippen LogP contribution in [0, 0.1) is 0 Å². The van der Waals surface area contributed by atoms with Gasteiger partial charge < -0.3 is 14.6 Å². The molecule has 104 valence electrons. The summed E-state index contributed by atoms with van der Waals surface area (Å²) in [4.78, 5) is 0. The predicted octanol–water partition coefficient (Wildman–Crippen LogP) is 2.38. The first-order valence-corrected chi connectivity index (χ1v) is 6.61. The van der Waals surface area contributed by atoms with Gasteiger partial charge in [-0.3, -0.25) is 0 Å². The lowest BCUT2D eigenvalue weighted by atomic mass is 9.78. The Balaban J connectivity index is 0.00000133. The van der Waals surface area contributed by atoms with Gasteiger partial charge >= 0.3 is 7.12 Å². The molecule has 0 radical (unpaired) electrons. The van der Waals surface area contributed by atoms with Crippen LogP contribution in [0.25, 0.3) is 0 Å². The van der Waals surface area contributed by atoms with Crippen LogP contribution in [0.15, 0.2) is 18.2 Å². The molecule has 0 aliphatic carbocycles. The number of rotatable bonds is 1. The largest absolute Gasteiger partial charge is 0.494 e. The second kappa shape index (κ2) is 4.69. The number of hydrogen-bond acceptors (Lipinski definition) is 3. The van der Waals surface area contributed by atoms with E-state index in [1.807, 2.05) is 0 Å². The van der Waals surface area contributed by atoms with Crippen molar-refractivity contribution >= 4 is 30.7 Å². The van der Waals surface area contributed by atoms with Crippen LogP contribution in [0.3, 0.4) is 0 Å². The van der Waals surface area contributed by atoms with Crippen LogP contribution < -0.4 is 10.8 Å². The molecule has 2 aliphatic heterocycles. The number of fused-ring (bicyclic) bond motifs is 1. The number of halogens is 1. The highest BCUT2D eigenvalue weighted by molar-refractivity contribution is 6.62. The summed E-state index contributed by atoms with van der Waals surface area (Å²) >= 11 is 0. The molecular weight excluding hydrogens is 260 g/mol. The van der Waals surface area contributed by atoms with Gasteiger partial charge in [0.15, 0.2) is 0 Å². The molecule has 3 rings (SSSR count). The lowest BCUT2D eigenvalue weighted by Crippen LogP contribution is -2.41. The summed E-state index contributed by atoms with van der Waals surface area (Å²) < 4.78 is 12.1. The molecule has 1 aromatic carbocycles. The molecule has 0 atom stereocenters. The van der Waals surface area contributed by atoms with Gasteiger partial charge in [-0.25, -0.2) is 0 Å². The van der Waals surface area contributed by atoms with Crippen LogP contribution in [0.4, 0.5) is 5.69 Å². The number of hydrogen-bond donors (Lipinski definition) is 1. The Bertz CT molecular complexity index is 474. The van der Waals surface area contributed by atoms with Crippen LogP contribution in [-0.4, -0.2) is 24.9 Å². The molecule has 0 spiro atoms. The topological polar surface area (TPSA) is 30.5 Å². The number of anilines is 1. The summed E-state index contributed by atoms with van der Waals surface area (Å²) in [6, 6.07) is 6.43. The first-order valence-electron chi connectivity index (χ1n) is 6.61. The van der Waals surface area contributed by atoms with Crippen LogP contribution in [0.5, 0.6) is 0 Å². The van der Waals surface area contributed by atoms with Crippen LogP contribution >= 0.6 is 12.4 Å². The fraction of sp³-hybridized carbons (Fsp3) is 0.571. The smallest absolute Gasteiger partial charge is 0.399 e. The van der Waals surface area contributed by atoms with Crippen molar-refractivity contribution in [1.29, 1.82) is 0 Å². The predicted molar refractivity (Wildman–Crippen MR) is 81.6 cm³/mol. The SMILES string of the molecule is CC1(C)OB(c2ccc3c(c2)CCN3)OC1(C)C.Cl. The quantitative estimate of drug-likeness (QED) is 0.802. The molecule has 1 fully saturated rings. The molecule has 0 bridgehead atoms. The average Bonchev–Trinajstić information content (AvgIpc) is 2.80. The molecule has 1 aromatic rings. The van der Waals surface area contributed by atoms with E-state index in [-0.39, 0.29) is 30.7 Å². The van der Waals surface area contributed by atoms with Crippen molar-refractivity contribution in [3.8, 4) is 0 Å². The maximum atomic E-state index is 6.07. The van der Waals surface area contributed by atoms with Gasteiger partial charge in [0, 0.05) is 12.2 Å². The van der Waals surface area contributed by atoms with Gasteiger partial charge in [0.05, 0.1) is 11.2 Å². The Morgan fingerprint density at radius 3 is 2.37 bits per heavy atom. The van der Waals surface area contributed by atoms with E-state index in [0.29, 0.717) is 0 Å². The molecule has 19 heavy (non-hydrogen) atoms. The maximum absolute atomic E-state index is 6.07. The summed E-state index contributed by atoms with van der Waals surface area (Å²) in [5.74, 6) is 0. The molecule has 0 aromatic heterocycles. The average molecular weight is 282 g/mol. The van der Waals surface area contributed by atoms with Crippen molar-refractivity contribution in [3.05, 3.63) is 23.8 Å². The highest BCUT2D eigenvalue weighted by Crippen LogP contribution is 2.36. The molecule has 0 amide bonds. The van der Waals surface area contributed by atoms with Crippen molar-refractivity contribution in [2.75, 3.05) is 11.9 Å². The summed E-state index contributed by atoms with van der Waals surface area (Å²) in [5.41, 5.74) is 3.19. The zero-order valence-corrected chi connectivity index (χ0v) is 12.8. The van der Waals surface area contributed by atoms with Gasteiger partial charge in [-0.1, -0.05) is 12.1 Å². The summed E-state index contributed by atoms with van der Waals surface area (Å²) in [5, 5.41) is 3.37. The minimum absolute atomic E-state index is 0. The maximum Gasteiger partial charge on any atom is 0.494 e. The number of benzene rings is 1. The summed E-state index contributed by atoms with van der Waals surface area (Å²) in [6.45, 7) is 9.37. The van der Waals surface area contributed by atoms with Gasteiger partial charge in [-0.05, 0) is 51.2 Å². The first-order chi connectivity index (χ1) is 8.39. The third-order valence-electron chi connectivity index (χ3n) is 4.36. The fourth-order valence-corrected chi connectivity index (χ4v) is 2.45. The second-order valence-electron chi connectivity index (χ2n) is 6.18. The Morgan fingerprint density at radius 1 is 1.11 bits per heavy atom. The molecule has 1 saturated heterocycles. The highest BCUT2D eigenvalue weighted by atomic mass is 35.5. The minimum Gasteiger partial charge on any atom is -0.399 e. The van der Waals surface area contributed by atoms with Gasteiger partial charge in [0.1, 0.15) is 0 Å². The van der Waals surface area contributed by atoms with Gasteiger partial charge in [-0.15, -0.1) is 12.4 Å². The zero-order valence-electron chi connectivity index (χ0n) is 11.9. The van der Waals surface area contributed by atoms with E-state index in [4.69, 9.17) is 9.31 Å². The van der Waals surface area contributed by atoms with E-state index >= 15 is 0 Å². The highest BCUT2D eigenvalue weighted by Gasteiger charge is 2.51. The van der Waals surface area contributed by atoms with Crippen molar-refractivity contribution in [2.45, 2.75) is 45.3 Å². The normalized spacial score (nSPS) is 22.6. The Labute approximate surface area is 121 Å². The third-order valence-corrected chi connectivity index (χ3v) is 4.36. The molecule has 0 saturated carbocycles. The van der Waals surface area contributed by atoms with Gasteiger partial charge in [0.2, 0.25) is 0 Å². The van der Waals surface area contributed by atoms with E-state index in [1.54, 1.807) is 0 Å². The summed E-state index contributed by atoms with van der Waals surface area (Å²) in [6.07, 6.45) is 1.09. The van der Waals surface area contributed by atoms with E-state index in [9.17, 15) is 0 Å². The van der Waals surface area contributed by atoms with Crippen LogP contribution in [0.1, 0.15) is 33.3 Å². The van der Waals surface area contributed by atoms with Crippen LogP contribution in [0.2, 0.25) is 0 Å². The van der Waals surface area contributed by atoms with E-state index in [2.05, 4.69) is 51.2 Å². The van der Waals surface area contributed by atoms with E-state index in [0.717, 1.165) is 18.4 Å². The van der Waals surface area contributed by atoms with Crippen molar-refractivity contribution in [1.82, 2.24) is 0 Å². The summed E-state index contributed by atoms with van der Waals surface area (Å²) in [7, 11) is -0.249. The molecule has 1 N–H and O–H groups in total. The molecule has 2 aliphatic rings. The fourth-order valence-electron chi connectivity index (χ4n) is 2.45. The molecule has 2 heterocycles. The van der Waals surface area contributed by atoms with Crippen LogP contribution in [-0.2, 0) is 15.7 Å². The molecule has 5 heteroatoms. The minimum atomic E-state index is -0.269. The lowest BCUT2D eigenvalue weighted by molar-refractivity contribution is 0.00578. The first kappa shape index (κ1) is 14.7. The van der Waals surface area contributed by atoms with Gasteiger partial charge in [-0.2, -0.15) is 0 Å². The number of nitrogens with one attached hydrogen (secondary N) is 1. The second-order valence-corrected chi connectivity index (χ2v) is 6.18. The third kappa shape index (κ3) is 2.37. The van der Waals surface area contributed by atoms with Crippen molar-refractivity contribution in [2.24, 2.45) is 0 Å². The molecule has 0 unspecified atom stereocenters. The van der Waals surface area contributed by atoms with Crippen molar-refractivity contribution < 1.29 is 9.31 Å². The molecular formula is C14H21BClNO2. The Morgan fingerprint density at radius 2 is 1.74 bits per heavy atom. The zero-order chi connectivity index (χ0) is 13.0. The monoisotopic (exact) mass is 281 g/mol. The Kier molecular flexibility index (Phi) is 3.63.